The number of aryl methyl sites for hydroxylation is 1. The van der Waals surface area contributed by atoms with Crippen molar-refractivity contribution >= 4 is 17.9 Å². The standard InChI is InChI=1S/C21H28O6/c1-14(22)26-13-17-8-6-10-19(17)21(27-15(2)23)18-9-5-4-7-16(18)11-12-20(24)25-3/h4-5,7,9,17,19,21H,6,8,10-13H2,1-3H3/t17-,19+,21?/m0/s1. The van der Waals surface area contributed by atoms with Gasteiger partial charge in [0.05, 0.1) is 13.7 Å². The maximum absolute atomic E-state index is 11.8. The molecule has 0 bridgehead atoms. The number of carbonyl (C=O) groups excluding carboxylic acids is 3. The first-order valence-electron chi connectivity index (χ1n) is 9.37. The van der Waals surface area contributed by atoms with Crippen molar-refractivity contribution in [1.29, 1.82) is 0 Å². The Bertz CT molecular complexity index is 668. The minimum atomic E-state index is -0.417. The van der Waals surface area contributed by atoms with Gasteiger partial charge in [0, 0.05) is 26.2 Å². The molecule has 0 radical (unpaired) electrons. The monoisotopic (exact) mass is 376 g/mol. The normalized spacial score (nSPS) is 20.0. The van der Waals surface area contributed by atoms with Gasteiger partial charge in [-0.3, -0.25) is 14.4 Å². The van der Waals surface area contributed by atoms with E-state index in [-0.39, 0.29) is 36.2 Å². The Kier molecular flexibility index (Phi) is 7.82. The molecule has 6 nitrogen and oxygen atoms in total. The van der Waals surface area contributed by atoms with Crippen LogP contribution in [0.2, 0.25) is 0 Å². The highest BCUT2D eigenvalue weighted by Gasteiger charge is 2.38. The van der Waals surface area contributed by atoms with Gasteiger partial charge in [-0.15, -0.1) is 0 Å². The quantitative estimate of drug-likeness (QED) is 0.511. The van der Waals surface area contributed by atoms with Gasteiger partial charge in [0.25, 0.3) is 0 Å². The van der Waals surface area contributed by atoms with Gasteiger partial charge in [0.2, 0.25) is 0 Å². The van der Waals surface area contributed by atoms with E-state index in [1.807, 2.05) is 24.3 Å². The van der Waals surface area contributed by atoms with Gasteiger partial charge in [-0.1, -0.05) is 30.7 Å². The fourth-order valence-electron chi connectivity index (χ4n) is 3.83. The molecule has 1 fully saturated rings. The number of hydrogen-bond acceptors (Lipinski definition) is 6. The third-order valence-electron chi connectivity index (χ3n) is 5.09. The molecule has 1 aliphatic rings. The average molecular weight is 376 g/mol. The zero-order valence-corrected chi connectivity index (χ0v) is 16.2. The predicted octanol–water partition coefficient (Wildman–Crippen LogP) is 3.38. The van der Waals surface area contributed by atoms with E-state index in [0.29, 0.717) is 13.0 Å². The van der Waals surface area contributed by atoms with Gasteiger partial charge in [0.1, 0.15) is 6.10 Å². The summed E-state index contributed by atoms with van der Waals surface area (Å²) in [6.07, 6.45) is 3.19. The molecule has 2 rings (SSSR count). The second-order valence-corrected chi connectivity index (χ2v) is 6.96. The molecule has 148 valence electrons. The van der Waals surface area contributed by atoms with Gasteiger partial charge in [-0.25, -0.2) is 0 Å². The van der Waals surface area contributed by atoms with Crippen molar-refractivity contribution in [2.75, 3.05) is 13.7 Å². The molecule has 3 atom stereocenters. The van der Waals surface area contributed by atoms with Gasteiger partial charge in [0.15, 0.2) is 0 Å². The highest BCUT2D eigenvalue weighted by molar-refractivity contribution is 5.69. The van der Waals surface area contributed by atoms with Crippen LogP contribution in [0.1, 0.15) is 56.8 Å². The molecule has 0 saturated heterocycles. The molecule has 0 heterocycles. The van der Waals surface area contributed by atoms with Crippen LogP contribution < -0.4 is 0 Å². The summed E-state index contributed by atoms with van der Waals surface area (Å²) in [4.78, 5) is 34.5. The van der Waals surface area contributed by atoms with Crippen molar-refractivity contribution in [3.05, 3.63) is 35.4 Å². The van der Waals surface area contributed by atoms with Crippen LogP contribution in [0.4, 0.5) is 0 Å². The van der Waals surface area contributed by atoms with Crippen LogP contribution in [0.3, 0.4) is 0 Å². The molecule has 1 unspecified atom stereocenters. The number of ether oxygens (including phenoxy) is 3. The van der Waals surface area contributed by atoms with Crippen LogP contribution in [0.5, 0.6) is 0 Å². The summed E-state index contributed by atoms with van der Waals surface area (Å²) in [6, 6.07) is 7.71. The minimum Gasteiger partial charge on any atom is -0.469 e. The summed E-state index contributed by atoms with van der Waals surface area (Å²) in [5.74, 6) is -0.703. The van der Waals surface area contributed by atoms with Crippen LogP contribution in [0.25, 0.3) is 0 Å². The number of carbonyl (C=O) groups is 3. The summed E-state index contributed by atoms with van der Waals surface area (Å²) in [5, 5.41) is 0. The zero-order valence-electron chi connectivity index (χ0n) is 16.2. The maximum Gasteiger partial charge on any atom is 0.305 e. The summed E-state index contributed by atoms with van der Waals surface area (Å²) in [6.45, 7) is 3.14. The lowest BCUT2D eigenvalue weighted by atomic mass is 9.84. The van der Waals surface area contributed by atoms with E-state index in [0.717, 1.165) is 30.4 Å². The Balaban J connectivity index is 2.26. The second kappa shape index (κ2) is 10.1. The van der Waals surface area contributed by atoms with Crippen LogP contribution >= 0.6 is 0 Å². The van der Waals surface area contributed by atoms with Crippen molar-refractivity contribution < 1.29 is 28.6 Å². The molecule has 1 aliphatic carbocycles. The fourth-order valence-corrected chi connectivity index (χ4v) is 3.83. The Hall–Kier alpha value is -2.37. The molecule has 0 amide bonds. The Labute approximate surface area is 160 Å². The van der Waals surface area contributed by atoms with E-state index in [4.69, 9.17) is 14.2 Å². The lowest BCUT2D eigenvalue weighted by molar-refractivity contribution is -0.153. The minimum absolute atomic E-state index is 0.0764. The molecule has 1 aromatic rings. The van der Waals surface area contributed by atoms with E-state index in [1.165, 1.54) is 21.0 Å². The predicted molar refractivity (Wildman–Crippen MR) is 98.8 cm³/mol. The topological polar surface area (TPSA) is 78.9 Å². The SMILES string of the molecule is COC(=O)CCc1ccccc1C(OC(C)=O)[C@@H]1CCC[C@H]1COC(C)=O. The molecule has 6 heteroatoms. The molecular weight excluding hydrogens is 348 g/mol. The third kappa shape index (κ3) is 6.08. The smallest absolute Gasteiger partial charge is 0.305 e. The van der Waals surface area contributed by atoms with Crippen molar-refractivity contribution in [2.24, 2.45) is 11.8 Å². The van der Waals surface area contributed by atoms with E-state index < -0.39 is 6.10 Å². The van der Waals surface area contributed by atoms with E-state index >= 15 is 0 Å². The van der Waals surface area contributed by atoms with Crippen LogP contribution in [-0.4, -0.2) is 31.6 Å². The molecular formula is C21H28O6. The number of esters is 3. The largest absolute Gasteiger partial charge is 0.469 e. The molecule has 0 aliphatic heterocycles. The fraction of sp³-hybridized carbons (Fsp3) is 0.571. The highest BCUT2D eigenvalue weighted by Crippen LogP contribution is 2.43. The zero-order chi connectivity index (χ0) is 19.8. The lowest BCUT2D eigenvalue weighted by Crippen LogP contribution is -2.26. The molecule has 27 heavy (non-hydrogen) atoms. The van der Waals surface area contributed by atoms with Gasteiger partial charge in [-0.2, -0.15) is 0 Å². The van der Waals surface area contributed by atoms with Crippen LogP contribution in [0, 0.1) is 11.8 Å². The summed E-state index contributed by atoms with van der Waals surface area (Å²) >= 11 is 0. The van der Waals surface area contributed by atoms with Gasteiger partial charge < -0.3 is 14.2 Å². The number of methoxy groups -OCH3 is 1. The van der Waals surface area contributed by atoms with E-state index in [1.54, 1.807) is 0 Å². The lowest BCUT2D eigenvalue weighted by Gasteiger charge is -2.30. The van der Waals surface area contributed by atoms with Crippen molar-refractivity contribution in [2.45, 2.75) is 52.1 Å². The molecule has 0 N–H and O–H groups in total. The van der Waals surface area contributed by atoms with Crippen LogP contribution in [-0.2, 0) is 35.0 Å². The number of rotatable bonds is 8. The third-order valence-corrected chi connectivity index (χ3v) is 5.09. The van der Waals surface area contributed by atoms with Gasteiger partial charge >= 0.3 is 17.9 Å². The number of benzene rings is 1. The van der Waals surface area contributed by atoms with Crippen molar-refractivity contribution in [1.82, 2.24) is 0 Å². The Morgan fingerprint density at radius 3 is 2.52 bits per heavy atom. The summed E-state index contributed by atoms with van der Waals surface area (Å²) < 4.78 is 15.7. The van der Waals surface area contributed by atoms with E-state index in [2.05, 4.69) is 0 Å². The first-order chi connectivity index (χ1) is 12.9. The second-order valence-electron chi connectivity index (χ2n) is 6.96. The van der Waals surface area contributed by atoms with Crippen molar-refractivity contribution in [3.63, 3.8) is 0 Å². The Morgan fingerprint density at radius 1 is 1.11 bits per heavy atom. The van der Waals surface area contributed by atoms with Crippen LogP contribution in [0.15, 0.2) is 24.3 Å². The molecule has 1 aromatic carbocycles. The Morgan fingerprint density at radius 2 is 1.85 bits per heavy atom. The van der Waals surface area contributed by atoms with Crippen molar-refractivity contribution in [3.8, 4) is 0 Å². The first kappa shape index (κ1) is 20.9. The summed E-state index contributed by atoms with van der Waals surface area (Å²) in [7, 11) is 1.37. The number of hydrogen-bond donors (Lipinski definition) is 0. The maximum atomic E-state index is 11.8. The molecule has 0 spiro atoms. The summed E-state index contributed by atoms with van der Waals surface area (Å²) in [5.41, 5.74) is 1.88. The first-order valence-corrected chi connectivity index (χ1v) is 9.37. The van der Waals surface area contributed by atoms with Gasteiger partial charge in [-0.05, 0) is 36.3 Å². The molecule has 1 saturated carbocycles. The van der Waals surface area contributed by atoms with E-state index in [9.17, 15) is 14.4 Å². The molecule has 0 aromatic heterocycles. The highest BCUT2D eigenvalue weighted by atomic mass is 16.5. The average Bonchev–Trinajstić information content (AvgIpc) is 3.11.